The van der Waals surface area contributed by atoms with E-state index in [4.69, 9.17) is 9.26 Å². The molecule has 9 heteroatoms. The van der Waals surface area contributed by atoms with Crippen LogP contribution in [0, 0.1) is 24.7 Å². The molecule has 9 nitrogen and oxygen atoms in total. The van der Waals surface area contributed by atoms with Crippen molar-refractivity contribution in [1.29, 1.82) is 0 Å². The average molecular weight is 442 g/mol. The van der Waals surface area contributed by atoms with E-state index in [9.17, 15) is 9.59 Å². The number of hydrogen-bond acceptors (Lipinski definition) is 6. The summed E-state index contributed by atoms with van der Waals surface area (Å²) < 4.78 is 12.5. The maximum atomic E-state index is 13.5. The summed E-state index contributed by atoms with van der Waals surface area (Å²) in [7, 11) is 1.72. The number of aromatic nitrogens is 3. The SMILES string of the molecule is Cc1c(C2CCOCC2)noc1NC(=O)[C@@H](NC(=O)c1ccnn1C)C(C1CC1)C1CC1. The first-order valence-corrected chi connectivity index (χ1v) is 11.7. The summed E-state index contributed by atoms with van der Waals surface area (Å²) in [6, 6.07) is 1.04. The number of aryl methyl sites for hydroxylation is 1. The minimum Gasteiger partial charge on any atom is -0.381 e. The zero-order valence-electron chi connectivity index (χ0n) is 18.7. The number of anilines is 1. The number of carbonyl (C=O) groups excluding carboxylic acids is 2. The third-order valence-electron chi connectivity index (χ3n) is 7.15. The number of ether oxygens (including phenoxy) is 1. The molecule has 1 atom stereocenters. The molecule has 2 aromatic rings. The number of rotatable bonds is 8. The van der Waals surface area contributed by atoms with Gasteiger partial charge in [-0.15, -0.1) is 0 Å². The highest BCUT2D eigenvalue weighted by atomic mass is 16.5. The van der Waals surface area contributed by atoms with E-state index in [2.05, 4.69) is 20.9 Å². The Morgan fingerprint density at radius 2 is 1.81 bits per heavy atom. The molecule has 0 unspecified atom stereocenters. The molecule has 2 aromatic heterocycles. The van der Waals surface area contributed by atoms with E-state index in [1.165, 1.54) is 4.68 Å². The summed E-state index contributed by atoms with van der Waals surface area (Å²) in [6.07, 6.45) is 7.83. The number of hydrogen-bond donors (Lipinski definition) is 2. The van der Waals surface area contributed by atoms with E-state index in [-0.39, 0.29) is 23.7 Å². The van der Waals surface area contributed by atoms with Crippen LogP contribution in [0.25, 0.3) is 0 Å². The lowest BCUT2D eigenvalue weighted by atomic mass is 9.88. The van der Waals surface area contributed by atoms with Gasteiger partial charge in [-0.25, -0.2) is 0 Å². The Morgan fingerprint density at radius 3 is 2.41 bits per heavy atom. The maximum absolute atomic E-state index is 13.5. The quantitative estimate of drug-likeness (QED) is 0.652. The molecule has 0 bridgehead atoms. The van der Waals surface area contributed by atoms with E-state index in [0.29, 0.717) is 36.6 Å². The average Bonchev–Trinajstić information content (AvgIpc) is 3.72. The molecular weight excluding hydrogens is 410 g/mol. The molecule has 2 saturated carbocycles. The molecule has 2 aliphatic carbocycles. The Bertz CT molecular complexity index is 972. The number of nitrogens with zero attached hydrogens (tertiary/aromatic N) is 3. The Morgan fingerprint density at radius 1 is 1.12 bits per heavy atom. The minimum atomic E-state index is -0.617. The van der Waals surface area contributed by atoms with Crippen LogP contribution >= 0.6 is 0 Å². The first-order chi connectivity index (χ1) is 15.5. The Kier molecular flexibility index (Phi) is 5.75. The summed E-state index contributed by atoms with van der Waals surface area (Å²) in [4.78, 5) is 26.5. The maximum Gasteiger partial charge on any atom is 0.270 e. The lowest BCUT2D eigenvalue weighted by molar-refractivity contribution is -0.119. The van der Waals surface area contributed by atoms with Crippen molar-refractivity contribution < 1.29 is 18.8 Å². The highest BCUT2D eigenvalue weighted by Crippen LogP contribution is 2.51. The van der Waals surface area contributed by atoms with Crippen molar-refractivity contribution in [3.8, 4) is 0 Å². The minimum absolute atomic E-state index is 0.144. The first kappa shape index (κ1) is 21.2. The van der Waals surface area contributed by atoms with Crippen LogP contribution in [0.1, 0.15) is 66.2 Å². The van der Waals surface area contributed by atoms with Crippen molar-refractivity contribution >= 4 is 17.7 Å². The van der Waals surface area contributed by atoms with Crippen molar-refractivity contribution in [3.63, 3.8) is 0 Å². The largest absolute Gasteiger partial charge is 0.381 e. The monoisotopic (exact) mass is 441 g/mol. The third kappa shape index (κ3) is 4.30. The van der Waals surface area contributed by atoms with Gasteiger partial charge in [0, 0.05) is 37.9 Å². The third-order valence-corrected chi connectivity index (χ3v) is 7.15. The van der Waals surface area contributed by atoms with Crippen LogP contribution in [0.2, 0.25) is 0 Å². The molecule has 0 aromatic carbocycles. The second-order valence-corrected chi connectivity index (χ2v) is 9.44. The van der Waals surface area contributed by atoms with Gasteiger partial charge in [0.2, 0.25) is 11.8 Å². The molecule has 0 spiro atoms. The molecule has 5 rings (SSSR count). The molecule has 172 valence electrons. The summed E-state index contributed by atoms with van der Waals surface area (Å²) in [5.41, 5.74) is 2.18. The molecule has 32 heavy (non-hydrogen) atoms. The highest BCUT2D eigenvalue weighted by molar-refractivity contribution is 6.00. The second kappa shape index (κ2) is 8.69. The molecule has 3 fully saturated rings. The Labute approximate surface area is 187 Å². The molecule has 2 amide bonds. The summed E-state index contributed by atoms with van der Waals surface area (Å²) in [5.74, 6) is 1.25. The van der Waals surface area contributed by atoms with Crippen molar-refractivity contribution in [2.75, 3.05) is 18.5 Å². The lowest BCUT2D eigenvalue weighted by Crippen LogP contribution is -2.50. The zero-order chi connectivity index (χ0) is 22.2. The Balaban J connectivity index is 1.35. The zero-order valence-corrected chi connectivity index (χ0v) is 18.7. The summed E-state index contributed by atoms with van der Waals surface area (Å²) in [5, 5.41) is 14.3. The van der Waals surface area contributed by atoms with E-state index in [0.717, 1.165) is 49.8 Å². The number of carbonyl (C=O) groups is 2. The summed E-state index contributed by atoms with van der Waals surface area (Å²) in [6.45, 7) is 3.36. The van der Waals surface area contributed by atoms with Crippen LogP contribution in [0.15, 0.2) is 16.8 Å². The Hall–Kier alpha value is -2.68. The first-order valence-electron chi connectivity index (χ1n) is 11.7. The fourth-order valence-corrected chi connectivity index (χ4v) is 5.05. The predicted octanol–water partition coefficient (Wildman–Crippen LogP) is 2.78. The molecule has 2 N–H and O–H groups in total. The second-order valence-electron chi connectivity index (χ2n) is 9.44. The van der Waals surface area contributed by atoms with E-state index in [1.807, 2.05) is 6.92 Å². The molecule has 0 radical (unpaired) electrons. The fourth-order valence-electron chi connectivity index (χ4n) is 5.05. The van der Waals surface area contributed by atoms with Gasteiger partial charge in [-0.1, -0.05) is 5.16 Å². The van der Waals surface area contributed by atoms with Gasteiger partial charge >= 0.3 is 0 Å². The van der Waals surface area contributed by atoms with E-state index >= 15 is 0 Å². The predicted molar refractivity (Wildman–Crippen MR) is 116 cm³/mol. The van der Waals surface area contributed by atoms with E-state index in [1.54, 1.807) is 19.3 Å². The highest BCUT2D eigenvalue weighted by Gasteiger charge is 2.48. The molecule has 1 saturated heterocycles. The van der Waals surface area contributed by atoms with Crippen molar-refractivity contribution in [3.05, 3.63) is 29.2 Å². The normalized spacial score (nSPS) is 20.3. The van der Waals surface area contributed by atoms with E-state index < -0.39 is 6.04 Å². The molecule has 3 heterocycles. The van der Waals surface area contributed by atoms with Crippen LogP contribution in [0.5, 0.6) is 0 Å². The topological polar surface area (TPSA) is 111 Å². The van der Waals surface area contributed by atoms with Crippen LogP contribution in [-0.4, -0.2) is 46.0 Å². The van der Waals surface area contributed by atoms with Gasteiger partial charge in [-0.3, -0.25) is 19.6 Å². The van der Waals surface area contributed by atoms with Gasteiger partial charge in [-0.05, 0) is 69.3 Å². The molecular formula is C23H31N5O4. The van der Waals surface area contributed by atoms with Crippen molar-refractivity contribution in [2.45, 2.75) is 57.4 Å². The van der Waals surface area contributed by atoms with Gasteiger partial charge in [0.1, 0.15) is 11.7 Å². The molecule has 1 aliphatic heterocycles. The molecule has 3 aliphatic rings. The van der Waals surface area contributed by atoms with Gasteiger partial charge in [-0.2, -0.15) is 5.10 Å². The van der Waals surface area contributed by atoms with Gasteiger partial charge in [0.25, 0.3) is 5.91 Å². The number of amides is 2. The number of nitrogens with one attached hydrogen (secondary N) is 2. The summed E-state index contributed by atoms with van der Waals surface area (Å²) >= 11 is 0. The van der Waals surface area contributed by atoms with Gasteiger partial charge < -0.3 is 14.6 Å². The van der Waals surface area contributed by atoms with Crippen LogP contribution < -0.4 is 10.6 Å². The van der Waals surface area contributed by atoms with Crippen LogP contribution in [0.3, 0.4) is 0 Å². The standard InChI is InChI=1S/C23H31N5O4/c1-13-19(16-8-11-31-12-9-16)27-32-23(13)26-22(30)20(18(14-3-4-14)15-5-6-15)25-21(29)17-7-10-24-28(17)2/h7,10,14-16,18,20H,3-6,8-9,11-12H2,1-2H3,(H,25,29)(H,26,30)/t20-/m0/s1. The van der Waals surface area contributed by atoms with Crippen LogP contribution in [-0.2, 0) is 16.6 Å². The van der Waals surface area contributed by atoms with Crippen molar-refractivity contribution in [1.82, 2.24) is 20.3 Å². The van der Waals surface area contributed by atoms with Gasteiger partial charge in [0.05, 0.1) is 5.69 Å². The van der Waals surface area contributed by atoms with Gasteiger partial charge in [0.15, 0.2) is 0 Å². The smallest absolute Gasteiger partial charge is 0.270 e. The lowest BCUT2D eigenvalue weighted by Gasteiger charge is -2.27. The van der Waals surface area contributed by atoms with Crippen LogP contribution in [0.4, 0.5) is 5.88 Å². The van der Waals surface area contributed by atoms with Crippen molar-refractivity contribution in [2.24, 2.45) is 24.8 Å². The fraction of sp³-hybridized carbons (Fsp3) is 0.652.